The lowest BCUT2D eigenvalue weighted by molar-refractivity contribution is 0.238. The zero-order chi connectivity index (χ0) is 13.1. The first-order valence-electron chi connectivity index (χ1n) is 7.29. The van der Waals surface area contributed by atoms with Crippen molar-refractivity contribution >= 4 is 6.08 Å². The number of hydrogen-bond donors (Lipinski definition) is 0. The normalized spacial score (nSPS) is 23.3. The van der Waals surface area contributed by atoms with Gasteiger partial charge in [-0.15, -0.1) is 0 Å². The Morgan fingerprint density at radius 1 is 1.05 bits per heavy atom. The molecule has 1 unspecified atom stereocenters. The number of benzene rings is 1. The zero-order valence-electron chi connectivity index (χ0n) is 11.5. The van der Waals surface area contributed by atoms with Crippen molar-refractivity contribution in [2.45, 2.75) is 38.1 Å². The van der Waals surface area contributed by atoms with Crippen molar-refractivity contribution in [2.75, 3.05) is 0 Å². The van der Waals surface area contributed by atoms with Gasteiger partial charge in [0.1, 0.15) is 0 Å². The summed E-state index contributed by atoms with van der Waals surface area (Å²) >= 11 is 0. The molecule has 0 bridgehead atoms. The molecular formula is C18H21N. The van der Waals surface area contributed by atoms with E-state index in [9.17, 15) is 0 Å². The van der Waals surface area contributed by atoms with E-state index in [1.807, 2.05) is 0 Å². The van der Waals surface area contributed by atoms with E-state index in [1.165, 1.54) is 36.8 Å². The van der Waals surface area contributed by atoms with Crippen molar-refractivity contribution in [1.29, 1.82) is 0 Å². The van der Waals surface area contributed by atoms with E-state index in [-0.39, 0.29) is 5.54 Å². The van der Waals surface area contributed by atoms with Crippen LogP contribution in [0.5, 0.6) is 0 Å². The molecule has 1 atom stereocenters. The van der Waals surface area contributed by atoms with Crippen LogP contribution in [0.3, 0.4) is 0 Å². The summed E-state index contributed by atoms with van der Waals surface area (Å²) in [5, 5.41) is 0. The van der Waals surface area contributed by atoms with Gasteiger partial charge in [0, 0.05) is 12.4 Å². The molecular weight excluding hydrogens is 230 g/mol. The van der Waals surface area contributed by atoms with Crippen molar-refractivity contribution in [2.24, 2.45) is 0 Å². The van der Waals surface area contributed by atoms with Gasteiger partial charge < -0.3 is 4.90 Å². The third-order valence-electron chi connectivity index (χ3n) is 4.19. The first-order chi connectivity index (χ1) is 9.37. The molecule has 0 fully saturated rings. The Bertz CT molecular complexity index is 538. The summed E-state index contributed by atoms with van der Waals surface area (Å²) < 4.78 is 0. The van der Waals surface area contributed by atoms with Gasteiger partial charge in [0.2, 0.25) is 0 Å². The summed E-state index contributed by atoms with van der Waals surface area (Å²) in [6.07, 6.45) is 18.3. The second kappa shape index (κ2) is 5.08. The lowest BCUT2D eigenvalue weighted by Crippen LogP contribution is -2.41. The fourth-order valence-electron chi connectivity index (χ4n) is 3.18. The van der Waals surface area contributed by atoms with Crippen molar-refractivity contribution in [3.63, 3.8) is 0 Å². The maximum absolute atomic E-state index is 2.37. The molecule has 3 rings (SSSR count). The molecule has 1 heteroatoms. The van der Waals surface area contributed by atoms with E-state index in [2.05, 4.69) is 72.8 Å². The van der Waals surface area contributed by atoms with Gasteiger partial charge in [-0.1, -0.05) is 62.6 Å². The van der Waals surface area contributed by atoms with Crippen LogP contribution in [0, 0.1) is 0 Å². The molecule has 0 radical (unpaired) electrons. The van der Waals surface area contributed by atoms with E-state index in [0.717, 1.165) is 0 Å². The third-order valence-corrected chi connectivity index (χ3v) is 4.19. The Labute approximate surface area is 115 Å². The molecule has 0 spiro atoms. The fraction of sp³-hybridized carbons (Fsp3) is 0.333. The predicted octanol–water partition coefficient (Wildman–Crippen LogP) is 4.83. The van der Waals surface area contributed by atoms with Gasteiger partial charge in [0.05, 0.1) is 5.54 Å². The minimum atomic E-state index is 0.0370. The first kappa shape index (κ1) is 12.3. The largest absolute Gasteiger partial charge is 0.341 e. The molecule has 0 aliphatic carbocycles. The van der Waals surface area contributed by atoms with Gasteiger partial charge in [0.25, 0.3) is 0 Å². The number of unbranched alkanes of at least 4 members (excludes halogenated alkanes) is 2. The van der Waals surface area contributed by atoms with Crippen molar-refractivity contribution < 1.29 is 0 Å². The van der Waals surface area contributed by atoms with Gasteiger partial charge in [-0.2, -0.15) is 0 Å². The molecule has 1 nitrogen and oxygen atoms in total. The minimum absolute atomic E-state index is 0.0370. The molecule has 2 aliphatic heterocycles. The van der Waals surface area contributed by atoms with Gasteiger partial charge >= 0.3 is 0 Å². The fourth-order valence-corrected chi connectivity index (χ4v) is 3.18. The molecule has 1 aromatic carbocycles. The van der Waals surface area contributed by atoms with Crippen molar-refractivity contribution in [3.05, 3.63) is 66.0 Å². The Balaban J connectivity index is 2.02. The van der Waals surface area contributed by atoms with Crippen molar-refractivity contribution in [3.8, 4) is 0 Å². The quantitative estimate of drug-likeness (QED) is 0.693. The summed E-state index contributed by atoms with van der Waals surface area (Å²) in [5.74, 6) is 0. The topological polar surface area (TPSA) is 3.24 Å². The maximum Gasteiger partial charge on any atom is 0.0883 e. The highest BCUT2D eigenvalue weighted by atomic mass is 15.2. The maximum atomic E-state index is 2.37. The molecule has 0 saturated carbocycles. The predicted molar refractivity (Wildman–Crippen MR) is 81.4 cm³/mol. The third kappa shape index (κ3) is 2.03. The number of fused-ring (bicyclic) bond motifs is 3. The van der Waals surface area contributed by atoms with Crippen LogP contribution in [0.1, 0.15) is 43.7 Å². The average Bonchev–Trinajstić information content (AvgIpc) is 2.47. The zero-order valence-corrected chi connectivity index (χ0v) is 11.5. The summed E-state index contributed by atoms with van der Waals surface area (Å²) in [6.45, 7) is 2.26. The number of rotatable bonds is 4. The van der Waals surface area contributed by atoms with Gasteiger partial charge in [-0.3, -0.25) is 0 Å². The van der Waals surface area contributed by atoms with Crippen LogP contribution in [0.4, 0.5) is 0 Å². The molecule has 19 heavy (non-hydrogen) atoms. The first-order valence-corrected chi connectivity index (χ1v) is 7.29. The SMILES string of the molecule is CCCCCC12C=CC=CN1C=Cc1ccccc12. The second-order valence-corrected chi connectivity index (χ2v) is 5.39. The monoisotopic (exact) mass is 251 g/mol. The average molecular weight is 251 g/mol. The van der Waals surface area contributed by atoms with E-state index >= 15 is 0 Å². The highest BCUT2D eigenvalue weighted by Gasteiger charge is 2.37. The molecule has 98 valence electrons. The van der Waals surface area contributed by atoms with Crippen molar-refractivity contribution in [1.82, 2.24) is 4.90 Å². The smallest absolute Gasteiger partial charge is 0.0883 e. The Kier molecular flexibility index (Phi) is 3.29. The van der Waals surface area contributed by atoms with E-state index < -0.39 is 0 Å². The summed E-state index contributed by atoms with van der Waals surface area (Å²) in [5.41, 5.74) is 2.83. The van der Waals surface area contributed by atoms with E-state index in [0.29, 0.717) is 0 Å². The minimum Gasteiger partial charge on any atom is -0.341 e. The molecule has 0 aromatic heterocycles. The van der Waals surface area contributed by atoms with Crippen LogP contribution >= 0.6 is 0 Å². The highest BCUT2D eigenvalue weighted by molar-refractivity contribution is 5.61. The number of allylic oxidation sites excluding steroid dienone is 2. The van der Waals surface area contributed by atoms with Gasteiger partial charge in [-0.25, -0.2) is 0 Å². The molecule has 1 aromatic rings. The lowest BCUT2D eigenvalue weighted by Gasteiger charge is -2.44. The van der Waals surface area contributed by atoms with Crippen LogP contribution in [0.2, 0.25) is 0 Å². The van der Waals surface area contributed by atoms with Crippen LogP contribution in [-0.4, -0.2) is 4.90 Å². The molecule has 0 saturated heterocycles. The van der Waals surface area contributed by atoms with E-state index in [4.69, 9.17) is 0 Å². The van der Waals surface area contributed by atoms with Crippen LogP contribution in [-0.2, 0) is 5.54 Å². The van der Waals surface area contributed by atoms with Gasteiger partial charge in [0.15, 0.2) is 0 Å². The number of nitrogens with zero attached hydrogens (tertiary/aromatic N) is 1. The summed E-state index contributed by atoms with van der Waals surface area (Å²) in [7, 11) is 0. The van der Waals surface area contributed by atoms with Crippen LogP contribution in [0.25, 0.3) is 6.08 Å². The summed E-state index contributed by atoms with van der Waals surface area (Å²) in [6, 6.07) is 8.78. The highest BCUT2D eigenvalue weighted by Crippen LogP contribution is 2.42. The van der Waals surface area contributed by atoms with E-state index in [1.54, 1.807) is 0 Å². The van der Waals surface area contributed by atoms with Crippen LogP contribution < -0.4 is 0 Å². The lowest BCUT2D eigenvalue weighted by atomic mass is 9.78. The Morgan fingerprint density at radius 3 is 2.84 bits per heavy atom. The number of hydrogen-bond acceptors (Lipinski definition) is 1. The van der Waals surface area contributed by atoms with Gasteiger partial charge in [-0.05, 0) is 29.7 Å². The van der Waals surface area contributed by atoms with Crippen LogP contribution in [0.15, 0.2) is 54.9 Å². The molecule has 2 aliphatic rings. The summed E-state index contributed by atoms with van der Waals surface area (Å²) in [4.78, 5) is 2.37. The second-order valence-electron chi connectivity index (χ2n) is 5.39. The Hall–Kier alpha value is -1.76. The molecule has 2 heterocycles. The Morgan fingerprint density at radius 2 is 1.95 bits per heavy atom. The molecule has 0 N–H and O–H groups in total. The standard InChI is InChI=1S/C18H21N/c1-2-3-6-12-18-13-7-8-14-19(18)15-11-16-9-4-5-10-17(16)18/h4-5,7-11,13-15H,2-3,6,12H2,1H3. The molecule has 0 amide bonds.